The number of amides is 4. The van der Waals surface area contributed by atoms with Crippen LogP contribution in [0.25, 0.3) is 0 Å². The Kier molecular flexibility index (Phi) is 2.08. The molecule has 92 valence electrons. The van der Waals surface area contributed by atoms with Crippen LogP contribution in [0.1, 0.15) is 18.4 Å². The smallest absolute Gasteiger partial charge is 0.277 e. The summed E-state index contributed by atoms with van der Waals surface area (Å²) < 4.78 is 0. The first-order chi connectivity index (χ1) is 8.58. The summed E-state index contributed by atoms with van der Waals surface area (Å²) in [5.74, 6) is -1.24. The van der Waals surface area contributed by atoms with Crippen LogP contribution >= 0.6 is 0 Å². The van der Waals surface area contributed by atoms with Crippen molar-refractivity contribution in [1.82, 2.24) is 10.6 Å². The van der Waals surface area contributed by atoms with Crippen LogP contribution in [0.3, 0.4) is 0 Å². The van der Waals surface area contributed by atoms with Crippen LogP contribution in [0.15, 0.2) is 30.3 Å². The summed E-state index contributed by atoms with van der Waals surface area (Å²) in [5, 5.41) is 4.37. The zero-order valence-electron chi connectivity index (χ0n) is 9.77. The maximum Gasteiger partial charge on any atom is 0.328 e. The topological polar surface area (TPSA) is 75.3 Å². The van der Waals surface area contributed by atoms with Crippen molar-refractivity contribution >= 4 is 17.8 Å². The van der Waals surface area contributed by atoms with Gasteiger partial charge in [-0.25, -0.2) is 4.79 Å². The molecule has 1 saturated carbocycles. The molecule has 2 atom stereocenters. The van der Waals surface area contributed by atoms with Gasteiger partial charge in [0.05, 0.1) is 0 Å². The van der Waals surface area contributed by atoms with Gasteiger partial charge < -0.3 is 0 Å². The highest BCUT2D eigenvalue weighted by molar-refractivity contribution is 6.22. The molecule has 5 heteroatoms. The van der Waals surface area contributed by atoms with Crippen molar-refractivity contribution < 1.29 is 14.4 Å². The van der Waals surface area contributed by atoms with Crippen molar-refractivity contribution in [3.8, 4) is 0 Å². The Labute approximate surface area is 104 Å². The fourth-order valence-electron chi connectivity index (χ4n) is 3.02. The molecule has 1 aromatic rings. The van der Waals surface area contributed by atoms with E-state index in [2.05, 4.69) is 10.6 Å². The fourth-order valence-corrected chi connectivity index (χ4v) is 3.02. The first-order valence-corrected chi connectivity index (χ1v) is 5.80. The Morgan fingerprint density at radius 2 is 1.56 bits per heavy atom. The lowest BCUT2D eigenvalue weighted by Crippen LogP contribution is -2.58. The normalized spacial score (nSPS) is 28.8. The van der Waals surface area contributed by atoms with E-state index in [4.69, 9.17) is 0 Å². The lowest BCUT2D eigenvalue weighted by atomic mass is 9.95. The molecular formula is C13H12N2O3. The summed E-state index contributed by atoms with van der Waals surface area (Å²) in [6.07, 6.45) is 0. The maximum atomic E-state index is 12.0. The second-order valence-corrected chi connectivity index (χ2v) is 4.78. The molecule has 2 fully saturated rings. The molecule has 1 heterocycles. The number of benzene rings is 1. The van der Waals surface area contributed by atoms with Crippen molar-refractivity contribution in [1.29, 1.82) is 0 Å². The van der Waals surface area contributed by atoms with Gasteiger partial charge in [0.15, 0.2) is 0 Å². The Hall–Kier alpha value is -2.17. The molecule has 1 aliphatic carbocycles. The average Bonchev–Trinajstić information content (AvgIpc) is 2.95. The van der Waals surface area contributed by atoms with Crippen molar-refractivity contribution in [3.05, 3.63) is 35.9 Å². The van der Waals surface area contributed by atoms with Gasteiger partial charge in [0.2, 0.25) is 11.8 Å². The Bertz CT molecular complexity index is 533. The van der Waals surface area contributed by atoms with E-state index in [1.165, 1.54) is 0 Å². The van der Waals surface area contributed by atoms with Crippen LogP contribution in [0.4, 0.5) is 4.79 Å². The molecule has 3 rings (SSSR count). The van der Waals surface area contributed by atoms with Gasteiger partial charge in [0.25, 0.3) is 0 Å². The SMILES string of the molecule is CC1C(c2ccccc2)C12C(=O)NC(=O)NC2=O. The van der Waals surface area contributed by atoms with Crippen molar-refractivity contribution in [2.24, 2.45) is 11.3 Å². The van der Waals surface area contributed by atoms with Crippen LogP contribution in [-0.4, -0.2) is 17.8 Å². The predicted molar refractivity (Wildman–Crippen MR) is 62.5 cm³/mol. The van der Waals surface area contributed by atoms with Crippen LogP contribution in [0.5, 0.6) is 0 Å². The summed E-state index contributed by atoms with van der Waals surface area (Å²) in [6.45, 7) is 1.85. The molecule has 2 N–H and O–H groups in total. The molecule has 1 saturated heterocycles. The molecule has 18 heavy (non-hydrogen) atoms. The second kappa shape index (κ2) is 3.41. The van der Waals surface area contributed by atoms with Gasteiger partial charge in [0, 0.05) is 5.92 Å². The zero-order chi connectivity index (χ0) is 12.9. The number of carbonyl (C=O) groups excluding carboxylic acids is 3. The number of rotatable bonds is 1. The highest BCUT2D eigenvalue weighted by Gasteiger charge is 2.74. The van der Waals surface area contributed by atoms with Crippen LogP contribution in [-0.2, 0) is 9.59 Å². The Morgan fingerprint density at radius 3 is 2.11 bits per heavy atom. The quantitative estimate of drug-likeness (QED) is 0.716. The minimum absolute atomic E-state index is 0.104. The largest absolute Gasteiger partial charge is 0.328 e. The number of hydrogen-bond donors (Lipinski definition) is 2. The molecule has 5 nitrogen and oxygen atoms in total. The lowest BCUT2D eigenvalue weighted by Gasteiger charge is -2.21. The molecular weight excluding hydrogens is 232 g/mol. The number of carbonyl (C=O) groups is 3. The fraction of sp³-hybridized carbons (Fsp3) is 0.308. The van der Waals surface area contributed by atoms with Crippen LogP contribution in [0, 0.1) is 11.3 Å². The van der Waals surface area contributed by atoms with Gasteiger partial charge in [-0.1, -0.05) is 37.3 Å². The molecule has 0 radical (unpaired) electrons. The minimum Gasteiger partial charge on any atom is -0.277 e. The third kappa shape index (κ3) is 1.19. The van der Waals surface area contributed by atoms with Gasteiger partial charge in [-0.2, -0.15) is 0 Å². The standard InChI is InChI=1S/C13H12N2O3/c1-7-9(8-5-3-2-4-6-8)13(7)10(16)14-12(18)15-11(13)17/h2-7,9H,1H3,(H2,14,15,16,17,18). The summed E-state index contributed by atoms with van der Waals surface area (Å²) in [4.78, 5) is 35.1. The zero-order valence-corrected chi connectivity index (χ0v) is 9.77. The van der Waals surface area contributed by atoms with Gasteiger partial charge in [-0.15, -0.1) is 0 Å². The minimum atomic E-state index is -1.12. The van der Waals surface area contributed by atoms with E-state index in [0.717, 1.165) is 5.56 Å². The predicted octanol–water partition coefficient (Wildman–Crippen LogP) is 0.772. The molecule has 1 aromatic carbocycles. The van der Waals surface area contributed by atoms with Crippen LogP contribution in [0.2, 0.25) is 0 Å². The molecule has 4 amide bonds. The van der Waals surface area contributed by atoms with Crippen molar-refractivity contribution in [3.63, 3.8) is 0 Å². The molecule has 2 aliphatic rings. The van der Waals surface area contributed by atoms with E-state index >= 15 is 0 Å². The monoisotopic (exact) mass is 244 g/mol. The number of imide groups is 2. The number of nitrogens with one attached hydrogen (secondary N) is 2. The number of urea groups is 1. The van der Waals surface area contributed by atoms with Gasteiger partial charge in [0.1, 0.15) is 5.41 Å². The molecule has 1 spiro atoms. The summed E-state index contributed by atoms with van der Waals surface area (Å²) in [7, 11) is 0. The first-order valence-electron chi connectivity index (χ1n) is 5.80. The molecule has 0 aromatic heterocycles. The van der Waals surface area contributed by atoms with E-state index in [0.29, 0.717) is 0 Å². The van der Waals surface area contributed by atoms with E-state index in [1.54, 1.807) is 0 Å². The molecule has 2 unspecified atom stereocenters. The first kappa shape index (κ1) is 11.0. The van der Waals surface area contributed by atoms with E-state index in [-0.39, 0.29) is 11.8 Å². The summed E-state index contributed by atoms with van der Waals surface area (Å²) in [5.41, 5.74) is -0.167. The van der Waals surface area contributed by atoms with Gasteiger partial charge >= 0.3 is 6.03 Å². The highest BCUT2D eigenvalue weighted by Crippen LogP contribution is 2.65. The lowest BCUT2D eigenvalue weighted by molar-refractivity contribution is -0.138. The Balaban J connectivity index is 2.00. The summed E-state index contributed by atoms with van der Waals surface area (Å²) in [6, 6.07) is 8.69. The average molecular weight is 244 g/mol. The third-order valence-electron chi connectivity index (χ3n) is 3.96. The van der Waals surface area contributed by atoms with Crippen molar-refractivity contribution in [2.75, 3.05) is 0 Å². The molecule has 0 bridgehead atoms. The number of barbiturate groups is 1. The number of hydrogen-bond acceptors (Lipinski definition) is 3. The second-order valence-electron chi connectivity index (χ2n) is 4.78. The summed E-state index contributed by atoms with van der Waals surface area (Å²) >= 11 is 0. The van der Waals surface area contributed by atoms with Gasteiger partial charge in [-0.3, -0.25) is 20.2 Å². The van der Waals surface area contributed by atoms with E-state index in [1.807, 2.05) is 37.3 Å². The highest BCUT2D eigenvalue weighted by atomic mass is 16.2. The third-order valence-corrected chi connectivity index (χ3v) is 3.96. The van der Waals surface area contributed by atoms with Crippen LogP contribution < -0.4 is 10.6 Å². The van der Waals surface area contributed by atoms with E-state index < -0.39 is 23.3 Å². The Morgan fingerprint density at radius 1 is 1.00 bits per heavy atom. The van der Waals surface area contributed by atoms with Crippen molar-refractivity contribution in [2.45, 2.75) is 12.8 Å². The molecule has 1 aliphatic heterocycles. The van der Waals surface area contributed by atoms with E-state index in [9.17, 15) is 14.4 Å². The van der Waals surface area contributed by atoms with Gasteiger partial charge in [-0.05, 0) is 11.5 Å². The maximum absolute atomic E-state index is 12.0.